The third kappa shape index (κ3) is 7.15. The van der Waals surface area contributed by atoms with Gasteiger partial charge in [0.05, 0.1) is 36.6 Å². The van der Waals surface area contributed by atoms with Gasteiger partial charge in [0.15, 0.2) is 0 Å². The van der Waals surface area contributed by atoms with Crippen LogP contribution in [0.5, 0.6) is 0 Å². The number of allylic oxidation sites excluding steroid dienone is 1. The van der Waals surface area contributed by atoms with E-state index < -0.39 is 53.7 Å². The predicted octanol–water partition coefficient (Wildman–Crippen LogP) is 5.21. The van der Waals surface area contributed by atoms with E-state index in [1.165, 1.54) is 0 Å². The zero-order valence-electron chi connectivity index (χ0n) is 30.4. The van der Waals surface area contributed by atoms with Crippen molar-refractivity contribution in [1.29, 1.82) is 0 Å². The number of ether oxygens (including phenoxy) is 2. The van der Waals surface area contributed by atoms with Crippen LogP contribution < -0.4 is 0 Å². The Bertz CT molecular complexity index is 1390. The summed E-state index contributed by atoms with van der Waals surface area (Å²) in [6, 6.07) is 7.25. The molecule has 5 rings (SSSR count). The van der Waals surface area contributed by atoms with Crippen molar-refractivity contribution in [1.82, 2.24) is 14.7 Å². The molecule has 3 aliphatic heterocycles. The van der Waals surface area contributed by atoms with Crippen LogP contribution in [0.1, 0.15) is 96.6 Å². The van der Waals surface area contributed by atoms with Crippen molar-refractivity contribution in [2.75, 3.05) is 20.2 Å². The van der Waals surface area contributed by atoms with E-state index in [0.717, 1.165) is 37.7 Å². The smallest absolute Gasteiger partial charge is 0.313 e. The molecule has 1 aliphatic carbocycles. The maximum atomic E-state index is 14.9. The van der Waals surface area contributed by atoms with Gasteiger partial charge in [-0.05, 0) is 56.9 Å². The summed E-state index contributed by atoms with van der Waals surface area (Å²) in [5, 5.41) is 10.7. The molecule has 3 saturated heterocycles. The zero-order chi connectivity index (χ0) is 36.2. The second kappa shape index (κ2) is 16.2. The summed E-state index contributed by atoms with van der Waals surface area (Å²) in [7, 11) is 1.70. The van der Waals surface area contributed by atoms with Crippen LogP contribution in [0.15, 0.2) is 55.6 Å². The molecule has 0 unspecified atom stereocenters. The Morgan fingerprint density at radius 3 is 2.40 bits per heavy atom. The van der Waals surface area contributed by atoms with E-state index in [1.54, 1.807) is 29.0 Å². The fourth-order valence-corrected chi connectivity index (χ4v) is 9.08. The number of benzene rings is 1. The second-order valence-electron chi connectivity index (χ2n) is 15.2. The number of amides is 3. The van der Waals surface area contributed by atoms with Gasteiger partial charge in [-0.1, -0.05) is 75.6 Å². The number of likely N-dealkylation sites (tertiary alicyclic amines) is 1. The van der Waals surface area contributed by atoms with Crippen LogP contribution in [-0.2, 0) is 28.7 Å². The molecule has 0 radical (unpaired) electrons. The third-order valence-electron chi connectivity index (χ3n) is 11.6. The average Bonchev–Trinajstić information content (AvgIpc) is 3.77. The van der Waals surface area contributed by atoms with Crippen molar-refractivity contribution in [3.8, 4) is 0 Å². The lowest BCUT2D eigenvalue weighted by Crippen LogP contribution is -2.60. The van der Waals surface area contributed by atoms with E-state index in [2.05, 4.69) is 13.2 Å². The predicted molar refractivity (Wildman–Crippen MR) is 191 cm³/mol. The van der Waals surface area contributed by atoms with Crippen LogP contribution in [0, 0.1) is 17.8 Å². The number of aliphatic hydroxyl groups is 1. The number of fused-ring (bicyclic) bond motifs is 1. The molecule has 10 heteroatoms. The first kappa shape index (κ1) is 37.7. The van der Waals surface area contributed by atoms with Gasteiger partial charge in [-0.2, -0.15) is 0 Å². The maximum Gasteiger partial charge on any atom is 0.313 e. The Balaban J connectivity index is 1.50. The third-order valence-corrected chi connectivity index (χ3v) is 11.6. The van der Waals surface area contributed by atoms with Gasteiger partial charge in [0.2, 0.25) is 17.7 Å². The SMILES string of the molecule is C=CCCC(=O)N(C)[C@H](C)[C@H](OC(=O)[C@@H]1[C@@H]2CC[C@]3(O2)[C@H](C(=O)N(CC=C)C2CCCCC2)N([C@@H](CO)CC(C)C)C(=O)[C@@H]13)c1ccccc1. The highest BCUT2D eigenvalue weighted by atomic mass is 16.6. The summed E-state index contributed by atoms with van der Waals surface area (Å²) in [4.78, 5) is 62.3. The molecule has 1 saturated carbocycles. The summed E-state index contributed by atoms with van der Waals surface area (Å²) in [6.07, 6.45) is 9.27. The summed E-state index contributed by atoms with van der Waals surface area (Å²) in [6.45, 7) is 13.6. The highest BCUT2D eigenvalue weighted by Crippen LogP contribution is 2.59. The van der Waals surface area contributed by atoms with Gasteiger partial charge in [0, 0.05) is 26.1 Å². The molecule has 10 nitrogen and oxygen atoms in total. The van der Waals surface area contributed by atoms with Crippen LogP contribution >= 0.6 is 0 Å². The molecule has 0 aromatic heterocycles. The lowest BCUT2D eigenvalue weighted by Gasteiger charge is -2.42. The molecule has 4 aliphatic rings. The number of hydrogen-bond acceptors (Lipinski definition) is 7. The fraction of sp³-hybridized carbons (Fsp3) is 0.650. The summed E-state index contributed by atoms with van der Waals surface area (Å²) in [5.74, 6) is -2.92. The molecule has 3 heterocycles. The molecule has 50 heavy (non-hydrogen) atoms. The lowest BCUT2D eigenvalue weighted by atomic mass is 9.70. The van der Waals surface area contributed by atoms with Crippen LogP contribution in [0.2, 0.25) is 0 Å². The molecule has 8 atom stereocenters. The molecule has 2 bridgehead atoms. The number of nitrogens with zero attached hydrogens (tertiary/aromatic N) is 3. The van der Waals surface area contributed by atoms with Crippen molar-refractivity contribution in [3.05, 3.63) is 61.2 Å². The summed E-state index contributed by atoms with van der Waals surface area (Å²) >= 11 is 0. The molecule has 3 amide bonds. The Labute approximate surface area is 297 Å². The minimum absolute atomic E-state index is 0.0259. The number of carbonyl (C=O) groups is 4. The van der Waals surface area contributed by atoms with Crippen LogP contribution in [0.3, 0.4) is 0 Å². The van der Waals surface area contributed by atoms with E-state index in [4.69, 9.17) is 9.47 Å². The minimum Gasteiger partial charge on any atom is -0.455 e. The lowest BCUT2D eigenvalue weighted by molar-refractivity contribution is -0.165. The van der Waals surface area contributed by atoms with E-state index >= 15 is 0 Å². The normalized spacial score (nSPS) is 27.8. The van der Waals surface area contributed by atoms with Gasteiger partial charge in [0.1, 0.15) is 17.7 Å². The first-order chi connectivity index (χ1) is 24.0. The van der Waals surface area contributed by atoms with Gasteiger partial charge in [0.25, 0.3) is 0 Å². The van der Waals surface area contributed by atoms with Crippen molar-refractivity contribution in [2.45, 2.75) is 127 Å². The Kier molecular flexibility index (Phi) is 12.3. The first-order valence-corrected chi connectivity index (χ1v) is 18.6. The van der Waals surface area contributed by atoms with Crippen LogP contribution in [0.4, 0.5) is 0 Å². The molecular formula is C40H57N3O7. The second-order valence-corrected chi connectivity index (χ2v) is 15.2. The van der Waals surface area contributed by atoms with Crippen molar-refractivity contribution in [3.63, 3.8) is 0 Å². The highest BCUT2D eigenvalue weighted by Gasteiger charge is 2.76. The van der Waals surface area contributed by atoms with Crippen LogP contribution in [0.25, 0.3) is 0 Å². The fourth-order valence-electron chi connectivity index (χ4n) is 9.08. The Hall–Kier alpha value is -3.50. The zero-order valence-corrected chi connectivity index (χ0v) is 30.4. The highest BCUT2D eigenvalue weighted by molar-refractivity contribution is 5.98. The Morgan fingerprint density at radius 2 is 1.78 bits per heavy atom. The van der Waals surface area contributed by atoms with E-state index in [9.17, 15) is 24.3 Å². The Morgan fingerprint density at radius 1 is 1.08 bits per heavy atom. The van der Waals surface area contributed by atoms with Gasteiger partial charge >= 0.3 is 5.97 Å². The quantitative estimate of drug-likeness (QED) is 0.187. The maximum absolute atomic E-state index is 14.9. The molecule has 274 valence electrons. The number of esters is 1. The van der Waals surface area contributed by atoms with Crippen LogP contribution in [-0.4, -0.2) is 99.6 Å². The monoisotopic (exact) mass is 691 g/mol. The van der Waals surface area contributed by atoms with Gasteiger partial charge in [-0.15, -0.1) is 13.2 Å². The van der Waals surface area contributed by atoms with Crippen molar-refractivity contribution in [2.24, 2.45) is 17.8 Å². The molecule has 1 aromatic carbocycles. The molecule has 1 N–H and O–H groups in total. The van der Waals surface area contributed by atoms with Gasteiger partial charge in [-0.25, -0.2) is 0 Å². The minimum atomic E-state index is -1.22. The van der Waals surface area contributed by atoms with E-state index in [-0.39, 0.29) is 42.7 Å². The topological polar surface area (TPSA) is 117 Å². The summed E-state index contributed by atoms with van der Waals surface area (Å²) in [5.41, 5.74) is -0.487. The molecular weight excluding hydrogens is 634 g/mol. The largest absolute Gasteiger partial charge is 0.455 e. The number of carbonyl (C=O) groups excluding carboxylic acids is 4. The number of hydrogen-bond donors (Lipinski definition) is 1. The molecule has 4 fully saturated rings. The number of aliphatic hydroxyl groups excluding tert-OH is 1. The molecule has 1 aromatic rings. The summed E-state index contributed by atoms with van der Waals surface area (Å²) < 4.78 is 13.1. The number of likely N-dealkylation sites (N-methyl/N-ethyl adjacent to an activating group) is 1. The van der Waals surface area contributed by atoms with E-state index in [0.29, 0.717) is 32.2 Å². The van der Waals surface area contributed by atoms with Crippen molar-refractivity contribution >= 4 is 23.7 Å². The van der Waals surface area contributed by atoms with Gasteiger partial charge < -0.3 is 29.3 Å². The van der Waals surface area contributed by atoms with Gasteiger partial charge in [-0.3, -0.25) is 19.2 Å². The average molecular weight is 692 g/mol. The first-order valence-electron chi connectivity index (χ1n) is 18.6. The molecule has 1 spiro atoms. The number of rotatable bonds is 16. The standard InChI is InChI=1S/C40H57N3O7/c1-7-9-20-32(45)41(6)27(5)35(28-16-12-10-13-17-28)49-39(48)33-31-21-22-40(50-31)34(33)37(46)43(30(25-44)24-26(3)4)36(40)38(47)42(23-8-2)29-18-14-11-15-19-29/h7-8,10,12-13,16-17,26-27,29-31,33-36,44H,1-2,9,11,14-15,18-25H2,3-6H3/t27-,30-,31+,33-,34-,35+,36+,40-/m1/s1. The van der Waals surface area contributed by atoms with E-state index in [1.807, 2.05) is 56.0 Å². The van der Waals surface area contributed by atoms with Crippen molar-refractivity contribution < 1.29 is 33.8 Å².